The number of aliphatic hydroxyl groups excluding tert-OH is 1. The molecule has 0 heterocycles. The first kappa shape index (κ1) is 7.60. The Labute approximate surface area is 63.8 Å². The smallest absolute Gasteiger partial charge is 0.123 e. The fraction of sp³-hybridized carbons (Fsp3) is 0. The molecule has 58 valence electrons. The summed E-state index contributed by atoms with van der Waals surface area (Å²) in [7, 11) is 0. The van der Waals surface area contributed by atoms with Crippen LogP contribution in [-0.4, -0.2) is 5.11 Å². The molecular formula is C8H8FNO. The van der Waals surface area contributed by atoms with Gasteiger partial charge >= 0.3 is 0 Å². The van der Waals surface area contributed by atoms with E-state index in [4.69, 9.17) is 10.8 Å². The molecule has 0 aromatic heterocycles. The van der Waals surface area contributed by atoms with E-state index in [9.17, 15) is 4.39 Å². The second kappa shape index (κ2) is 3.05. The molecule has 0 spiro atoms. The molecule has 0 aliphatic rings. The second-order valence-corrected chi connectivity index (χ2v) is 2.09. The summed E-state index contributed by atoms with van der Waals surface area (Å²) in [4.78, 5) is 0. The third-order valence-electron chi connectivity index (χ3n) is 1.30. The molecule has 2 nitrogen and oxygen atoms in total. The fourth-order valence-electron chi connectivity index (χ4n) is 0.743. The molecule has 0 radical (unpaired) electrons. The molecule has 1 aromatic rings. The van der Waals surface area contributed by atoms with Gasteiger partial charge in [0.05, 0.1) is 5.70 Å². The molecule has 0 bridgehead atoms. The van der Waals surface area contributed by atoms with Crippen molar-refractivity contribution in [3.05, 3.63) is 41.9 Å². The van der Waals surface area contributed by atoms with Gasteiger partial charge in [0.2, 0.25) is 0 Å². The van der Waals surface area contributed by atoms with E-state index in [1.165, 1.54) is 18.2 Å². The minimum absolute atomic E-state index is 0.157. The Morgan fingerprint density at radius 2 is 2.27 bits per heavy atom. The molecule has 0 unspecified atom stereocenters. The van der Waals surface area contributed by atoms with E-state index in [1.54, 1.807) is 6.07 Å². The van der Waals surface area contributed by atoms with Gasteiger partial charge in [-0.15, -0.1) is 0 Å². The van der Waals surface area contributed by atoms with Gasteiger partial charge in [-0.2, -0.15) is 0 Å². The van der Waals surface area contributed by atoms with Gasteiger partial charge in [0.25, 0.3) is 0 Å². The van der Waals surface area contributed by atoms with Crippen LogP contribution in [0.4, 0.5) is 4.39 Å². The van der Waals surface area contributed by atoms with Crippen molar-refractivity contribution in [3.63, 3.8) is 0 Å². The number of nitrogens with two attached hydrogens (primary N) is 1. The van der Waals surface area contributed by atoms with E-state index in [0.717, 1.165) is 6.26 Å². The molecule has 0 saturated carbocycles. The van der Waals surface area contributed by atoms with Crippen LogP contribution in [0.1, 0.15) is 5.56 Å². The Bertz CT molecular complexity index is 283. The quantitative estimate of drug-likeness (QED) is 0.602. The predicted molar refractivity (Wildman–Crippen MR) is 41.2 cm³/mol. The maximum Gasteiger partial charge on any atom is 0.123 e. The largest absolute Gasteiger partial charge is 0.513 e. The topological polar surface area (TPSA) is 46.2 Å². The summed E-state index contributed by atoms with van der Waals surface area (Å²) in [6.07, 6.45) is 0.745. The Hall–Kier alpha value is -1.51. The maximum atomic E-state index is 12.5. The highest BCUT2D eigenvalue weighted by atomic mass is 19.1. The van der Waals surface area contributed by atoms with Gasteiger partial charge in [0, 0.05) is 5.56 Å². The molecule has 0 aliphatic carbocycles. The van der Waals surface area contributed by atoms with Crippen LogP contribution in [0.5, 0.6) is 0 Å². The van der Waals surface area contributed by atoms with Gasteiger partial charge in [0.1, 0.15) is 12.1 Å². The van der Waals surface area contributed by atoms with Gasteiger partial charge in [-0.25, -0.2) is 4.39 Å². The van der Waals surface area contributed by atoms with E-state index in [0.29, 0.717) is 5.56 Å². The van der Waals surface area contributed by atoms with Crippen LogP contribution < -0.4 is 5.73 Å². The van der Waals surface area contributed by atoms with Gasteiger partial charge in [-0.3, -0.25) is 0 Å². The summed E-state index contributed by atoms with van der Waals surface area (Å²) in [6.45, 7) is 0. The number of hydrogen-bond acceptors (Lipinski definition) is 2. The maximum absolute atomic E-state index is 12.5. The minimum Gasteiger partial charge on any atom is -0.513 e. The average Bonchev–Trinajstić information content (AvgIpc) is 2.03. The molecule has 1 rings (SSSR count). The lowest BCUT2D eigenvalue weighted by molar-refractivity contribution is 0.475. The monoisotopic (exact) mass is 153 g/mol. The number of benzene rings is 1. The van der Waals surface area contributed by atoms with Crippen molar-refractivity contribution in [2.75, 3.05) is 0 Å². The van der Waals surface area contributed by atoms with Crippen molar-refractivity contribution in [3.8, 4) is 0 Å². The zero-order chi connectivity index (χ0) is 8.27. The third-order valence-corrected chi connectivity index (χ3v) is 1.30. The van der Waals surface area contributed by atoms with Crippen LogP contribution in [0.3, 0.4) is 0 Å². The average molecular weight is 153 g/mol. The van der Waals surface area contributed by atoms with Crippen molar-refractivity contribution < 1.29 is 9.50 Å². The second-order valence-electron chi connectivity index (χ2n) is 2.09. The van der Waals surface area contributed by atoms with E-state index in [-0.39, 0.29) is 11.5 Å². The summed E-state index contributed by atoms with van der Waals surface area (Å²) in [6, 6.07) is 5.71. The van der Waals surface area contributed by atoms with Crippen LogP contribution in [0.2, 0.25) is 0 Å². The normalized spacial score (nSPS) is 11.5. The molecule has 0 amide bonds. The zero-order valence-electron chi connectivity index (χ0n) is 5.79. The van der Waals surface area contributed by atoms with Crippen molar-refractivity contribution in [1.29, 1.82) is 0 Å². The molecule has 1 aromatic carbocycles. The van der Waals surface area contributed by atoms with Crippen LogP contribution in [-0.2, 0) is 0 Å². The van der Waals surface area contributed by atoms with Crippen LogP contribution in [0, 0.1) is 5.82 Å². The lowest BCUT2D eigenvalue weighted by atomic mass is 10.2. The van der Waals surface area contributed by atoms with Crippen LogP contribution >= 0.6 is 0 Å². The summed E-state index contributed by atoms with van der Waals surface area (Å²) < 4.78 is 12.5. The SMILES string of the molecule is N/C(=C/O)c1cccc(F)c1. The summed E-state index contributed by atoms with van der Waals surface area (Å²) >= 11 is 0. The van der Waals surface area contributed by atoms with Crippen LogP contribution in [0.15, 0.2) is 30.5 Å². The third kappa shape index (κ3) is 1.70. The number of halogens is 1. The fourth-order valence-corrected chi connectivity index (χ4v) is 0.743. The molecule has 11 heavy (non-hydrogen) atoms. The first-order chi connectivity index (χ1) is 5.24. The Morgan fingerprint density at radius 3 is 2.82 bits per heavy atom. The van der Waals surface area contributed by atoms with Gasteiger partial charge in [0.15, 0.2) is 0 Å². The highest BCUT2D eigenvalue weighted by molar-refractivity contribution is 5.61. The molecule has 0 saturated heterocycles. The molecule has 0 fully saturated rings. The van der Waals surface area contributed by atoms with Crippen LogP contribution in [0.25, 0.3) is 5.70 Å². The van der Waals surface area contributed by atoms with Crippen molar-refractivity contribution in [2.45, 2.75) is 0 Å². The molecule has 3 heteroatoms. The van der Waals surface area contributed by atoms with Crippen molar-refractivity contribution in [1.82, 2.24) is 0 Å². The van der Waals surface area contributed by atoms with E-state index >= 15 is 0 Å². The first-order valence-corrected chi connectivity index (χ1v) is 3.10. The summed E-state index contributed by atoms with van der Waals surface area (Å²) in [5.41, 5.74) is 5.94. The van der Waals surface area contributed by atoms with E-state index in [1.807, 2.05) is 0 Å². The summed E-state index contributed by atoms with van der Waals surface area (Å²) in [5, 5.41) is 8.47. The van der Waals surface area contributed by atoms with E-state index in [2.05, 4.69) is 0 Å². The molecule has 3 N–H and O–H groups in total. The standard InChI is InChI=1S/C8H8FNO/c9-7-3-1-2-6(4-7)8(10)5-11/h1-5,11H,10H2/b8-5+. The van der Waals surface area contributed by atoms with Gasteiger partial charge in [-0.1, -0.05) is 12.1 Å². The van der Waals surface area contributed by atoms with Crippen molar-refractivity contribution >= 4 is 5.70 Å². The number of hydrogen-bond donors (Lipinski definition) is 2. The molecule has 0 atom stereocenters. The zero-order valence-corrected chi connectivity index (χ0v) is 5.79. The minimum atomic E-state index is -0.368. The Balaban J connectivity index is 3.06. The lowest BCUT2D eigenvalue weighted by Gasteiger charge is -1.98. The highest BCUT2D eigenvalue weighted by Crippen LogP contribution is 2.09. The Kier molecular flexibility index (Phi) is 2.11. The summed E-state index contributed by atoms with van der Waals surface area (Å²) in [5.74, 6) is -0.368. The number of rotatable bonds is 1. The number of aliphatic hydroxyl groups is 1. The first-order valence-electron chi connectivity index (χ1n) is 3.10. The molecular weight excluding hydrogens is 145 g/mol. The Morgan fingerprint density at radius 1 is 1.55 bits per heavy atom. The highest BCUT2D eigenvalue weighted by Gasteiger charge is 1.96. The molecule has 0 aliphatic heterocycles. The lowest BCUT2D eigenvalue weighted by Crippen LogP contribution is -1.95. The van der Waals surface area contributed by atoms with E-state index < -0.39 is 0 Å². The predicted octanol–water partition coefficient (Wildman–Crippen LogP) is 1.64. The van der Waals surface area contributed by atoms with Gasteiger partial charge in [-0.05, 0) is 12.1 Å². The van der Waals surface area contributed by atoms with Gasteiger partial charge < -0.3 is 10.8 Å². The van der Waals surface area contributed by atoms with Crippen molar-refractivity contribution in [2.24, 2.45) is 5.73 Å².